The van der Waals surface area contributed by atoms with E-state index in [1.54, 1.807) is 17.0 Å². The van der Waals surface area contributed by atoms with Crippen LogP contribution >= 0.6 is 11.6 Å². The molecule has 1 aromatic rings. The second kappa shape index (κ2) is 8.76. The molecular formula is C20H27ClN2O3. The normalized spacial score (nSPS) is 18.2. The Morgan fingerprint density at radius 3 is 2.31 bits per heavy atom. The average molecular weight is 379 g/mol. The summed E-state index contributed by atoms with van der Waals surface area (Å²) in [5, 5.41) is 0.682. The number of amides is 2. The molecule has 2 fully saturated rings. The van der Waals surface area contributed by atoms with Crippen molar-refractivity contribution in [1.82, 2.24) is 9.80 Å². The van der Waals surface area contributed by atoms with Gasteiger partial charge in [-0.25, -0.2) is 0 Å². The molecule has 0 radical (unpaired) electrons. The minimum absolute atomic E-state index is 0.0110. The summed E-state index contributed by atoms with van der Waals surface area (Å²) in [6.07, 6.45) is 5.56. The van der Waals surface area contributed by atoms with Crippen LogP contribution < -0.4 is 4.74 Å². The lowest BCUT2D eigenvalue weighted by Crippen LogP contribution is -2.51. The van der Waals surface area contributed by atoms with Crippen molar-refractivity contribution in [1.29, 1.82) is 0 Å². The first-order valence-electron chi connectivity index (χ1n) is 9.47. The number of ether oxygens (including phenoxy) is 1. The molecule has 0 unspecified atom stereocenters. The molecule has 2 aliphatic rings. The molecule has 1 saturated heterocycles. The van der Waals surface area contributed by atoms with Crippen molar-refractivity contribution in [3.05, 3.63) is 28.8 Å². The molecule has 0 N–H and O–H groups in total. The SMILES string of the molecule is Cc1cc(OCC(=O)N2CCN(C(=O)CC3CCCC3)CC2)ccc1Cl. The summed E-state index contributed by atoms with van der Waals surface area (Å²) in [4.78, 5) is 28.4. The van der Waals surface area contributed by atoms with E-state index in [1.165, 1.54) is 25.7 Å². The predicted octanol–water partition coefficient (Wildman–Crippen LogP) is 3.28. The van der Waals surface area contributed by atoms with Crippen LogP contribution in [0.3, 0.4) is 0 Å². The molecule has 3 rings (SSSR count). The summed E-state index contributed by atoms with van der Waals surface area (Å²) < 4.78 is 5.59. The Kier molecular flexibility index (Phi) is 6.41. The Balaban J connectivity index is 1.41. The standard InChI is InChI=1S/C20H27ClN2O3/c1-15-12-17(6-7-18(15)21)26-14-20(25)23-10-8-22(9-11-23)19(24)13-16-4-2-3-5-16/h6-7,12,16H,2-5,8-11,13-14H2,1H3. The molecule has 26 heavy (non-hydrogen) atoms. The Hall–Kier alpha value is -1.75. The monoisotopic (exact) mass is 378 g/mol. The highest BCUT2D eigenvalue weighted by molar-refractivity contribution is 6.31. The van der Waals surface area contributed by atoms with E-state index < -0.39 is 0 Å². The number of benzene rings is 1. The highest BCUT2D eigenvalue weighted by Crippen LogP contribution is 2.28. The first-order valence-corrected chi connectivity index (χ1v) is 9.85. The molecule has 0 atom stereocenters. The molecule has 2 amide bonds. The zero-order valence-corrected chi connectivity index (χ0v) is 16.1. The molecular weight excluding hydrogens is 352 g/mol. The Labute approximate surface area is 160 Å². The second-order valence-corrected chi connectivity index (χ2v) is 7.72. The van der Waals surface area contributed by atoms with Gasteiger partial charge in [-0.1, -0.05) is 24.4 Å². The van der Waals surface area contributed by atoms with Crippen LogP contribution in [-0.2, 0) is 9.59 Å². The van der Waals surface area contributed by atoms with E-state index in [9.17, 15) is 9.59 Å². The van der Waals surface area contributed by atoms with E-state index in [-0.39, 0.29) is 18.4 Å². The van der Waals surface area contributed by atoms with Crippen LogP contribution in [-0.4, -0.2) is 54.4 Å². The van der Waals surface area contributed by atoms with Gasteiger partial charge >= 0.3 is 0 Å². The molecule has 6 heteroatoms. The van der Waals surface area contributed by atoms with Crippen molar-refractivity contribution < 1.29 is 14.3 Å². The van der Waals surface area contributed by atoms with Gasteiger partial charge in [0.1, 0.15) is 5.75 Å². The number of piperazine rings is 1. The van der Waals surface area contributed by atoms with Gasteiger partial charge in [-0.05, 0) is 49.4 Å². The number of aryl methyl sites for hydroxylation is 1. The van der Waals surface area contributed by atoms with Gasteiger partial charge in [0.25, 0.3) is 5.91 Å². The molecule has 0 bridgehead atoms. The van der Waals surface area contributed by atoms with Gasteiger partial charge in [0.15, 0.2) is 6.61 Å². The number of hydrogen-bond donors (Lipinski definition) is 0. The van der Waals surface area contributed by atoms with E-state index in [0.717, 1.165) is 5.56 Å². The number of halogens is 1. The van der Waals surface area contributed by atoms with E-state index in [1.807, 2.05) is 17.9 Å². The van der Waals surface area contributed by atoms with Crippen LogP contribution in [0.5, 0.6) is 5.75 Å². The van der Waals surface area contributed by atoms with Gasteiger partial charge in [-0.2, -0.15) is 0 Å². The number of carbonyl (C=O) groups is 2. The fraction of sp³-hybridized carbons (Fsp3) is 0.600. The van der Waals surface area contributed by atoms with Gasteiger partial charge in [0.05, 0.1) is 0 Å². The minimum Gasteiger partial charge on any atom is -0.484 e. The van der Waals surface area contributed by atoms with Crippen molar-refractivity contribution in [2.24, 2.45) is 5.92 Å². The third-order valence-electron chi connectivity index (χ3n) is 5.41. The van der Waals surface area contributed by atoms with Gasteiger partial charge in [-0.3, -0.25) is 9.59 Å². The number of hydrogen-bond acceptors (Lipinski definition) is 3. The van der Waals surface area contributed by atoms with Crippen LogP contribution in [0.2, 0.25) is 5.02 Å². The summed E-state index contributed by atoms with van der Waals surface area (Å²) in [7, 11) is 0. The molecule has 0 aromatic heterocycles. The van der Waals surface area contributed by atoms with Crippen LogP contribution in [0, 0.1) is 12.8 Å². The van der Waals surface area contributed by atoms with Crippen LogP contribution in [0.25, 0.3) is 0 Å². The lowest BCUT2D eigenvalue weighted by molar-refractivity contribution is -0.141. The molecule has 5 nitrogen and oxygen atoms in total. The lowest BCUT2D eigenvalue weighted by atomic mass is 10.0. The molecule has 1 aliphatic heterocycles. The Morgan fingerprint density at radius 2 is 1.69 bits per heavy atom. The second-order valence-electron chi connectivity index (χ2n) is 7.32. The summed E-state index contributed by atoms with van der Waals surface area (Å²) >= 11 is 5.99. The summed E-state index contributed by atoms with van der Waals surface area (Å²) in [5.74, 6) is 1.42. The zero-order valence-electron chi connectivity index (χ0n) is 15.4. The maximum absolute atomic E-state index is 12.4. The number of rotatable bonds is 5. The minimum atomic E-state index is -0.0412. The van der Waals surface area contributed by atoms with Gasteiger partial charge in [0, 0.05) is 37.6 Å². The Bertz CT molecular complexity index is 650. The van der Waals surface area contributed by atoms with Gasteiger partial charge < -0.3 is 14.5 Å². The molecule has 1 aliphatic carbocycles. The lowest BCUT2D eigenvalue weighted by Gasteiger charge is -2.35. The maximum Gasteiger partial charge on any atom is 0.260 e. The van der Waals surface area contributed by atoms with Crippen molar-refractivity contribution in [2.45, 2.75) is 39.0 Å². The molecule has 0 spiro atoms. The predicted molar refractivity (Wildman–Crippen MR) is 101 cm³/mol. The summed E-state index contributed by atoms with van der Waals surface area (Å²) in [5.41, 5.74) is 0.922. The topological polar surface area (TPSA) is 49.9 Å². The van der Waals surface area contributed by atoms with E-state index in [4.69, 9.17) is 16.3 Å². The largest absolute Gasteiger partial charge is 0.484 e. The van der Waals surface area contributed by atoms with E-state index in [0.29, 0.717) is 49.3 Å². The van der Waals surface area contributed by atoms with Crippen molar-refractivity contribution in [2.75, 3.05) is 32.8 Å². The zero-order chi connectivity index (χ0) is 18.5. The third-order valence-corrected chi connectivity index (χ3v) is 5.84. The average Bonchev–Trinajstić information content (AvgIpc) is 3.15. The maximum atomic E-state index is 12.4. The first kappa shape index (κ1) is 19.0. The highest BCUT2D eigenvalue weighted by Gasteiger charge is 2.26. The molecule has 1 saturated carbocycles. The Morgan fingerprint density at radius 1 is 1.08 bits per heavy atom. The molecule has 1 heterocycles. The smallest absolute Gasteiger partial charge is 0.260 e. The molecule has 1 aromatic carbocycles. The quantitative estimate of drug-likeness (QED) is 0.790. The first-order chi connectivity index (χ1) is 12.5. The van der Waals surface area contributed by atoms with E-state index >= 15 is 0 Å². The van der Waals surface area contributed by atoms with Crippen molar-refractivity contribution >= 4 is 23.4 Å². The van der Waals surface area contributed by atoms with Gasteiger partial charge in [0.2, 0.25) is 5.91 Å². The van der Waals surface area contributed by atoms with Crippen LogP contribution in [0.1, 0.15) is 37.7 Å². The number of carbonyl (C=O) groups excluding carboxylic acids is 2. The van der Waals surface area contributed by atoms with Crippen molar-refractivity contribution in [3.63, 3.8) is 0 Å². The van der Waals surface area contributed by atoms with Crippen molar-refractivity contribution in [3.8, 4) is 5.75 Å². The fourth-order valence-corrected chi connectivity index (χ4v) is 3.86. The summed E-state index contributed by atoms with van der Waals surface area (Å²) in [6, 6.07) is 5.36. The highest BCUT2D eigenvalue weighted by atomic mass is 35.5. The number of nitrogens with zero attached hydrogens (tertiary/aromatic N) is 2. The fourth-order valence-electron chi connectivity index (χ4n) is 3.74. The van der Waals surface area contributed by atoms with Gasteiger partial charge in [-0.15, -0.1) is 0 Å². The van der Waals surface area contributed by atoms with Crippen LogP contribution in [0.15, 0.2) is 18.2 Å². The van der Waals surface area contributed by atoms with E-state index in [2.05, 4.69) is 0 Å². The van der Waals surface area contributed by atoms with Crippen LogP contribution in [0.4, 0.5) is 0 Å². The third kappa shape index (κ3) is 4.91. The molecule has 142 valence electrons. The summed E-state index contributed by atoms with van der Waals surface area (Å²) in [6.45, 7) is 4.32.